The standard InChI is InChI=1S/C23H28B2FN3O2/c1-13-11-21(8-7-18(13)30-2)12-15-6-5-14(16-4-3-9-28-19(16)26)10-17(15)22(21)23(24,25)31-20(27)29-22/h3-6,9-10,13,18H,7-8,11-12,24-25H2,1-2H3,(H2,27,29)/t13-,18-,21-,22-/m0/s1. The van der Waals surface area contributed by atoms with Crippen molar-refractivity contribution in [2.24, 2.45) is 22.1 Å². The fourth-order valence-corrected chi connectivity index (χ4v) is 6.81. The summed E-state index contributed by atoms with van der Waals surface area (Å²) in [5, 5.41) is -0.617. The Morgan fingerprint density at radius 3 is 2.74 bits per heavy atom. The van der Waals surface area contributed by atoms with Gasteiger partial charge in [0.2, 0.25) is 5.95 Å². The molecule has 0 amide bonds. The second kappa shape index (κ2) is 6.83. The van der Waals surface area contributed by atoms with Crippen LogP contribution in [-0.2, 0) is 21.4 Å². The number of fused-ring (bicyclic) bond motifs is 3. The van der Waals surface area contributed by atoms with Crippen molar-refractivity contribution < 1.29 is 13.9 Å². The number of hydrogen-bond acceptors (Lipinski definition) is 5. The van der Waals surface area contributed by atoms with E-state index in [1.165, 1.54) is 11.8 Å². The van der Waals surface area contributed by atoms with Crippen molar-refractivity contribution in [1.29, 1.82) is 0 Å². The van der Waals surface area contributed by atoms with Gasteiger partial charge >= 0.3 is 0 Å². The van der Waals surface area contributed by atoms with Crippen LogP contribution in [0.4, 0.5) is 4.39 Å². The number of halogens is 1. The number of nitrogens with two attached hydrogens (primary N) is 1. The number of aliphatic imine (C=N–C) groups is 1. The zero-order valence-corrected chi connectivity index (χ0v) is 18.6. The molecule has 0 bridgehead atoms. The fraction of sp³-hybridized carbons (Fsp3) is 0.478. The molecule has 5 rings (SSSR count). The van der Waals surface area contributed by atoms with Gasteiger partial charge in [-0.2, -0.15) is 4.39 Å². The smallest absolute Gasteiger partial charge is 0.282 e. The molecular weight excluding hydrogens is 391 g/mol. The lowest BCUT2D eigenvalue weighted by molar-refractivity contribution is -0.0559. The zero-order chi connectivity index (χ0) is 22.0. The third-order valence-electron chi connectivity index (χ3n) is 7.93. The largest absolute Gasteiger partial charge is 0.475 e. The van der Waals surface area contributed by atoms with Gasteiger partial charge in [-0.15, -0.1) is 0 Å². The van der Waals surface area contributed by atoms with Crippen LogP contribution in [-0.4, -0.2) is 45.3 Å². The van der Waals surface area contributed by atoms with Crippen molar-refractivity contribution in [2.75, 3.05) is 7.11 Å². The summed E-state index contributed by atoms with van der Waals surface area (Å²) >= 11 is 0. The maximum Gasteiger partial charge on any atom is 0.282 e. The second-order valence-corrected chi connectivity index (χ2v) is 9.94. The zero-order valence-electron chi connectivity index (χ0n) is 18.6. The van der Waals surface area contributed by atoms with E-state index in [4.69, 9.17) is 20.2 Å². The molecule has 2 aliphatic carbocycles. The van der Waals surface area contributed by atoms with Gasteiger partial charge in [-0.25, -0.2) is 9.98 Å². The Morgan fingerprint density at radius 2 is 2.10 bits per heavy atom. The summed E-state index contributed by atoms with van der Waals surface area (Å²) in [6, 6.07) is 9.96. The summed E-state index contributed by atoms with van der Waals surface area (Å²) < 4.78 is 26.4. The SMILES string of the molecule is BC1(B)OC(N)=N[C@]12c1cc(-c3cccnc3F)ccc1C[C@@]21CC[C@H](OC)[C@@H](C)C1. The van der Waals surface area contributed by atoms with E-state index in [0.29, 0.717) is 11.5 Å². The quantitative estimate of drug-likeness (QED) is 0.595. The number of nitrogens with zero attached hydrogens (tertiary/aromatic N) is 2. The van der Waals surface area contributed by atoms with Crippen molar-refractivity contribution in [2.45, 2.75) is 49.6 Å². The molecule has 0 unspecified atom stereocenters. The maximum atomic E-state index is 14.5. The molecule has 31 heavy (non-hydrogen) atoms. The highest BCUT2D eigenvalue weighted by atomic mass is 19.1. The van der Waals surface area contributed by atoms with E-state index in [1.807, 2.05) is 6.07 Å². The molecule has 0 saturated heterocycles. The Balaban J connectivity index is 1.71. The summed E-state index contributed by atoms with van der Waals surface area (Å²) in [5.41, 5.74) is 9.09. The minimum absolute atomic E-state index is 0.124. The van der Waals surface area contributed by atoms with E-state index in [9.17, 15) is 4.39 Å². The van der Waals surface area contributed by atoms with E-state index in [2.05, 4.69) is 39.7 Å². The van der Waals surface area contributed by atoms with E-state index in [0.717, 1.165) is 36.8 Å². The summed E-state index contributed by atoms with van der Waals surface area (Å²) in [6.07, 6.45) is 5.55. The van der Waals surface area contributed by atoms with Crippen LogP contribution in [0.25, 0.3) is 11.1 Å². The molecule has 160 valence electrons. The number of ether oxygens (including phenoxy) is 2. The van der Waals surface area contributed by atoms with Crippen LogP contribution in [0.3, 0.4) is 0 Å². The van der Waals surface area contributed by atoms with E-state index < -0.39 is 16.9 Å². The molecule has 1 fully saturated rings. The number of benzene rings is 1. The first-order valence-electron chi connectivity index (χ1n) is 11.0. The van der Waals surface area contributed by atoms with Crippen LogP contribution < -0.4 is 5.73 Å². The fourth-order valence-electron chi connectivity index (χ4n) is 6.81. The van der Waals surface area contributed by atoms with E-state index in [-0.39, 0.29) is 17.5 Å². The van der Waals surface area contributed by atoms with Crippen molar-refractivity contribution >= 4 is 21.7 Å². The molecule has 0 radical (unpaired) electrons. The number of pyridine rings is 1. The third-order valence-corrected chi connectivity index (χ3v) is 7.93. The summed E-state index contributed by atoms with van der Waals surface area (Å²) in [6.45, 7) is 2.26. The number of aromatic nitrogens is 1. The van der Waals surface area contributed by atoms with E-state index in [1.54, 1.807) is 19.2 Å². The molecule has 8 heteroatoms. The Kier molecular flexibility index (Phi) is 4.53. The van der Waals surface area contributed by atoms with Gasteiger partial charge in [0.1, 0.15) is 5.54 Å². The molecular formula is C23H28B2FN3O2. The molecule has 1 aromatic heterocycles. The first-order valence-corrected chi connectivity index (χ1v) is 11.0. The Morgan fingerprint density at radius 1 is 1.29 bits per heavy atom. The monoisotopic (exact) mass is 419 g/mol. The maximum absolute atomic E-state index is 14.5. The summed E-state index contributed by atoms with van der Waals surface area (Å²) in [4.78, 5) is 8.89. The number of rotatable bonds is 2. The Bertz CT molecular complexity index is 1080. The highest BCUT2D eigenvalue weighted by molar-refractivity contribution is 6.41. The molecule has 2 N–H and O–H groups in total. The lowest BCUT2D eigenvalue weighted by Crippen LogP contribution is -2.60. The number of methoxy groups -OCH3 is 1. The van der Waals surface area contributed by atoms with Crippen molar-refractivity contribution in [1.82, 2.24) is 4.98 Å². The van der Waals surface area contributed by atoms with Crippen LogP contribution in [0, 0.1) is 17.3 Å². The minimum atomic E-state index is -0.624. The summed E-state index contributed by atoms with van der Waals surface area (Å²) in [5.74, 6) is -0.0728. The first-order chi connectivity index (χ1) is 14.7. The highest BCUT2D eigenvalue weighted by Gasteiger charge is 2.68. The van der Waals surface area contributed by atoms with Crippen molar-refractivity contribution in [3.8, 4) is 11.1 Å². The van der Waals surface area contributed by atoms with Crippen molar-refractivity contribution in [3.63, 3.8) is 0 Å². The molecule has 2 spiro atoms. The molecule has 3 aliphatic rings. The first kappa shape index (κ1) is 20.6. The van der Waals surface area contributed by atoms with Crippen LogP contribution in [0.5, 0.6) is 0 Å². The average molecular weight is 419 g/mol. The van der Waals surface area contributed by atoms with Gasteiger partial charge in [-0.1, -0.05) is 19.1 Å². The number of hydrogen-bond donors (Lipinski definition) is 1. The Hall–Kier alpha value is -2.34. The van der Waals surface area contributed by atoms with E-state index >= 15 is 0 Å². The third kappa shape index (κ3) is 2.73. The van der Waals surface area contributed by atoms with Crippen LogP contribution in [0.1, 0.15) is 37.3 Å². The molecule has 1 saturated carbocycles. The second-order valence-electron chi connectivity index (χ2n) is 9.94. The molecule has 2 heterocycles. The normalized spacial score (nSPS) is 33.3. The van der Waals surface area contributed by atoms with Gasteiger partial charge in [0.05, 0.1) is 11.5 Å². The van der Waals surface area contributed by atoms with Gasteiger partial charge in [-0.05, 0) is 66.5 Å². The van der Waals surface area contributed by atoms with Crippen molar-refractivity contribution in [3.05, 3.63) is 53.6 Å². The van der Waals surface area contributed by atoms with Crippen LogP contribution in [0.2, 0.25) is 0 Å². The van der Waals surface area contributed by atoms with Gasteiger partial charge < -0.3 is 15.2 Å². The molecule has 5 nitrogen and oxygen atoms in total. The van der Waals surface area contributed by atoms with Gasteiger partial charge in [-0.3, -0.25) is 0 Å². The highest BCUT2D eigenvalue weighted by Crippen LogP contribution is 2.65. The minimum Gasteiger partial charge on any atom is -0.475 e. The predicted molar refractivity (Wildman–Crippen MR) is 124 cm³/mol. The molecule has 2 aromatic rings. The molecule has 1 aliphatic heterocycles. The van der Waals surface area contributed by atoms with Crippen LogP contribution in [0.15, 0.2) is 41.5 Å². The average Bonchev–Trinajstić information content (AvgIpc) is 3.13. The summed E-state index contributed by atoms with van der Waals surface area (Å²) in [7, 11) is 5.96. The lowest BCUT2D eigenvalue weighted by Gasteiger charge is -2.53. The topological polar surface area (TPSA) is 69.7 Å². The van der Waals surface area contributed by atoms with Gasteiger partial charge in [0.25, 0.3) is 6.02 Å². The number of amidine groups is 1. The van der Waals surface area contributed by atoms with Gasteiger partial charge in [0, 0.05) is 24.3 Å². The molecule has 1 aromatic carbocycles. The molecule has 4 atom stereocenters. The Labute approximate surface area is 184 Å². The van der Waals surface area contributed by atoms with Gasteiger partial charge in [0.15, 0.2) is 15.7 Å². The van der Waals surface area contributed by atoms with Crippen LogP contribution >= 0.6 is 0 Å². The lowest BCUT2D eigenvalue weighted by atomic mass is 9.44. The predicted octanol–water partition coefficient (Wildman–Crippen LogP) is 1.73.